The minimum Gasteiger partial charge on any atom is -0.325 e. The summed E-state index contributed by atoms with van der Waals surface area (Å²) in [7, 11) is 0. The Morgan fingerprint density at radius 3 is 2.84 bits per heavy atom. The topological polar surface area (TPSA) is 76.9 Å². The summed E-state index contributed by atoms with van der Waals surface area (Å²) in [5.41, 5.74) is 1.31. The fourth-order valence-corrected chi connectivity index (χ4v) is 3.43. The fourth-order valence-electron chi connectivity index (χ4n) is 2.43. The second-order valence-corrected chi connectivity index (χ2v) is 6.41. The molecule has 0 saturated carbocycles. The van der Waals surface area contributed by atoms with Crippen LogP contribution in [0.4, 0.5) is 5.69 Å². The van der Waals surface area contributed by atoms with E-state index in [4.69, 9.17) is 0 Å². The van der Waals surface area contributed by atoms with Crippen molar-refractivity contribution in [3.63, 3.8) is 0 Å². The SMILES string of the molecule is CCn1c(SCCC(=O)Nc2cccnc2)nc2ccccc2c1=O. The maximum atomic E-state index is 12.5. The van der Waals surface area contributed by atoms with Crippen molar-refractivity contribution in [1.29, 1.82) is 0 Å². The molecule has 128 valence electrons. The van der Waals surface area contributed by atoms with E-state index in [1.165, 1.54) is 11.8 Å². The van der Waals surface area contributed by atoms with Crippen LogP contribution in [0.15, 0.2) is 58.7 Å². The summed E-state index contributed by atoms with van der Waals surface area (Å²) in [6, 6.07) is 10.9. The Bertz CT molecular complexity index is 941. The molecular weight excluding hydrogens is 336 g/mol. The zero-order valence-electron chi connectivity index (χ0n) is 13.8. The van der Waals surface area contributed by atoms with Gasteiger partial charge in [0.15, 0.2) is 5.16 Å². The Morgan fingerprint density at radius 2 is 2.08 bits per heavy atom. The van der Waals surface area contributed by atoms with E-state index in [0.29, 0.717) is 40.5 Å². The number of benzene rings is 1. The molecule has 1 aromatic carbocycles. The molecule has 0 atom stereocenters. The number of fused-ring (bicyclic) bond motifs is 1. The predicted molar refractivity (Wildman–Crippen MR) is 99.9 cm³/mol. The largest absolute Gasteiger partial charge is 0.325 e. The van der Waals surface area contributed by atoms with Crippen LogP contribution in [-0.4, -0.2) is 26.2 Å². The van der Waals surface area contributed by atoms with Gasteiger partial charge in [0.05, 0.1) is 22.8 Å². The first-order chi connectivity index (χ1) is 12.2. The van der Waals surface area contributed by atoms with Crippen LogP contribution in [0, 0.1) is 0 Å². The van der Waals surface area contributed by atoms with Gasteiger partial charge in [-0.3, -0.25) is 19.1 Å². The first kappa shape index (κ1) is 17.2. The van der Waals surface area contributed by atoms with Crippen LogP contribution in [0.3, 0.4) is 0 Å². The van der Waals surface area contributed by atoms with Crippen LogP contribution in [0.2, 0.25) is 0 Å². The Hall–Kier alpha value is -2.67. The molecule has 0 bridgehead atoms. The number of thioether (sulfide) groups is 1. The second kappa shape index (κ2) is 7.94. The standard InChI is InChI=1S/C18H18N4O2S/c1-2-22-17(24)14-7-3-4-8-15(14)21-18(22)25-11-9-16(23)20-13-6-5-10-19-12-13/h3-8,10,12H,2,9,11H2,1H3,(H,20,23). The van der Waals surface area contributed by atoms with Gasteiger partial charge in [0.25, 0.3) is 5.56 Å². The van der Waals surface area contributed by atoms with E-state index >= 15 is 0 Å². The summed E-state index contributed by atoms with van der Waals surface area (Å²) < 4.78 is 1.64. The molecule has 0 aliphatic rings. The maximum absolute atomic E-state index is 12.5. The molecule has 1 N–H and O–H groups in total. The zero-order chi connectivity index (χ0) is 17.6. The summed E-state index contributed by atoms with van der Waals surface area (Å²) in [6.07, 6.45) is 3.58. The predicted octanol–water partition coefficient (Wildman–Crippen LogP) is 2.93. The number of amides is 1. The van der Waals surface area contributed by atoms with Crippen LogP contribution in [0.5, 0.6) is 0 Å². The Morgan fingerprint density at radius 1 is 1.24 bits per heavy atom. The number of rotatable bonds is 6. The fraction of sp³-hybridized carbons (Fsp3) is 0.222. The Labute approximate surface area is 149 Å². The van der Waals surface area contributed by atoms with E-state index in [9.17, 15) is 9.59 Å². The van der Waals surface area contributed by atoms with Gasteiger partial charge < -0.3 is 5.32 Å². The second-order valence-electron chi connectivity index (χ2n) is 5.35. The molecular formula is C18H18N4O2S. The van der Waals surface area contributed by atoms with E-state index in [0.717, 1.165) is 0 Å². The molecule has 0 unspecified atom stereocenters. The Kier molecular flexibility index (Phi) is 5.45. The number of hydrogen-bond donors (Lipinski definition) is 1. The first-order valence-electron chi connectivity index (χ1n) is 8.01. The minimum atomic E-state index is -0.0910. The molecule has 0 aliphatic carbocycles. The highest BCUT2D eigenvalue weighted by Gasteiger charge is 2.11. The maximum Gasteiger partial charge on any atom is 0.262 e. The third-order valence-corrected chi connectivity index (χ3v) is 4.63. The van der Waals surface area contributed by atoms with Gasteiger partial charge in [-0.25, -0.2) is 4.98 Å². The number of hydrogen-bond acceptors (Lipinski definition) is 5. The van der Waals surface area contributed by atoms with Crippen molar-refractivity contribution in [2.45, 2.75) is 25.0 Å². The lowest BCUT2D eigenvalue weighted by Crippen LogP contribution is -2.22. The van der Waals surface area contributed by atoms with Crippen LogP contribution >= 0.6 is 11.8 Å². The van der Waals surface area contributed by atoms with E-state index in [1.54, 1.807) is 35.2 Å². The van der Waals surface area contributed by atoms with Gasteiger partial charge in [0.1, 0.15) is 0 Å². The van der Waals surface area contributed by atoms with Gasteiger partial charge in [0.2, 0.25) is 5.91 Å². The van der Waals surface area contributed by atoms with Gasteiger partial charge in [-0.05, 0) is 31.2 Å². The van der Waals surface area contributed by atoms with E-state index in [1.807, 2.05) is 25.1 Å². The van der Waals surface area contributed by atoms with Gasteiger partial charge in [-0.2, -0.15) is 0 Å². The highest BCUT2D eigenvalue weighted by atomic mass is 32.2. The highest BCUT2D eigenvalue weighted by molar-refractivity contribution is 7.99. The number of aromatic nitrogens is 3. The third kappa shape index (κ3) is 4.06. The number of pyridine rings is 1. The highest BCUT2D eigenvalue weighted by Crippen LogP contribution is 2.18. The lowest BCUT2D eigenvalue weighted by molar-refractivity contribution is -0.115. The molecule has 0 spiro atoms. The number of para-hydroxylation sites is 1. The van der Waals surface area contributed by atoms with Gasteiger partial charge >= 0.3 is 0 Å². The van der Waals surface area contributed by atoms with Crippen molar-refractivity contribution in [2.75, 3.05) is 11.1 Å². The van der Waals surface area contributed by atoms with E-state index in [-0.39, 0.29) is 11.5 Å². The number of nitrogens with zero attached hydrogens (tertiary/aromatic N) is 3. The van der Waals surface area contributed by atoms with Gasteiger partial charge in [0, 0.05) is 24.9 Å². The minimum absolute atomic E-state index is 0.0459. The zero-order valence-corrected chi connectivity index (χ0v) is 14.6. The smallest absolute Gasteiger partial charge is 0.262 e. The van der Waals surface area contributed by atoms with Crippen LogP contribution in [-0.2, 0) is 11.3 Å². The van der Waals surface area contributed by atoms with Crippen LogP contribution < -0.4 is 10.9 Å². The average molecular weight is 354 g/mol. The molecule has 25 heavy (non-hydrogen) atoms. The van der Waals surface area contributed by atoms with Crippen molar-refractivity contribution < 1.29 is 4.79 Å². The van der Waals surface area contributed by atoms with Crippen molar-refractivity contribution in [1.82, 2.24) is 14.5 Å². The molecule has 0 aliphatic heterocycles. The van der Waals surface area contributed by atoms with Crippen LogP contribution in [0.1, 0.15) is 13.3 Å². The number of carbonyl (C=O) groups excluding carboxylic acids is 1. The number of anilines is 1. The molecule has 3 aromatic rings. The van der Waals surface area contributed by atoms with Crippen molar-refractivity contribution in [3.05, 3.63) is 59.1 Å². The van der Waals surface area contributed by atoms with Crippen molar-refractivity contribution in [3.8, 4) is 0 Å². The van der Waals surface area contributed by atoms with Gasteiger partial charge in [-0.15, -0.1) is 0 Å². The molecule has 1 amide bonds. The molecule has 0 fully saturated rings. The van der Waals surface area contributed by atoms with Crippen molar-refractivity contribution >= 4 is 34.3 Å². The lowest BCUT2D eigenvalue weighted by Gasteiger charge is -2.11. The summed E-state index contributed by atoms with van der Waals surface area (Å²) >= 11 is 1.41. The first-order valence-corrected chi connectivity index (χ1v) is 9.00. The number of carbonyl (C=O) groups is 1. The summed E-state index contributed by atoms with van der Waals surface area (Å²) in [5, 5.41) is 4.05. The molecule has 0 radical (unpaired) electrons. The number of nitrogens with one attached hydrogen (secondary N) is 1. The molecule has 2 heterocycles. The normalized spacial score (nSPS) is 10.8. The summed E-state index contributed by atoms with van der Waals surface area (Å²) in [6.45, 7) is 2.46. The molecule has 6 nitrogen and oxygen atoms in total. The monoisotopic (exact) mass is 354 g/mol. The molecule has 7 heteroatoms. The third-order valence-electron chi connectivity index (χ3n) is 3.65. The quantitative estimate of drug-likeness (QED) is 0.544. The molecule has 0 saturated heterocycles. The van der Waals surface area contributed by atoms with Gasteiger partial charge in [-0.1, -0.05) is 23.9 Å². The van der Waals surface area contributed by atoms with Crippen molar-refractivity contribution in [2.24, 2.45) is 0 Å². The summed E-state index contributed by atoms with van der Waals surface area (Å²) in [5.74, 6) is 0.448. The molecule has 2 aromatic heterocycles. The summed E-state index contributed by atoms with van der Waals surface area (Å²) in [4.78, 5) is 33.1. The average Bonchev–Trinajstić information content (AvgIpc) is 2.63. The Balaban J connectivity index is 1.68. The lowest BCUT2D eigenvalue weighted by atomic mass is 10.2. The van der Waals surface area contributed by atoms with Crippen LogP contribution in [0.25, 0.3) is 10.9 Å². The molecule has 3 rings (SSSR count). The van der Waals surface area contributed by atoms with E-state index in [2.05, 4.69) is 15.3 Å². The van der Waals surface area contributed by atoms with E-state index < -0.39 is 0 Å².